The molecule has 0 saturated carbocycles. The second-order valence-corrected chi connectivity index (χ2v) is 4.76. The summed E-state index contributed by atoms with van der Waals surface area (Å²) < 4.78 is 0. The highest BCUT2D eigenvalue weighted by atomic mass is 16.2. The Morgan fingerprint density at radius 3 is 2.65 bits per heavy atom. The number of hydrogen-bond acceptors (Lipinski definition) is 3. The number of H-pyrrole nitrogens is 2. The van der Waals surface area contributed by atoms with E-state index in [4.69, 9.17) is 0 Å². The Morgan fingerprint density at radius 1 is 1.35 bits per heavy atom. The molecule has 6 nitrogen and oxygen atoms in total. The Bertz CT molecular complexity index is 626. The zero-order valence-electron chi connectivity index (χ0n) is 11.8. The fourth-order valence-electron chi connectivity index (χ4n) is 2.33. The summed E-state index contributed by atoms with van der Waals surface area (Å²) in [5.74, 6) is -0.231. The quantitative estimate of drug-likeness (QED) is 0.722. The second-order valence-electron chi connectivity index (χ2n) is 4.76. The van der Waals surface area contributed by atoms with Crippen LogP contribution < -0.4 is 5.32 Å². The average molecular weight is 274 g/mol. The van der Waals surface area contributed by atoms with E-state index in [2.05, 4.69) is 20.3 Å². The summed E-state index contributed by atoms with van der Waals surface area (Å²) in [6.45, 7) is 5.59. The third kappa shape index (κ3) is 2.79. The molecule has 0 spiro atoms. The number of nitrogens with one attached hydrogen (secondary N) is 3. The average Bonchev–Trinajstić information content (AvgIpc) is 2.97. The van der Waals surface area contributed by atoms with Crippen molar-refractivity contribution in [2.75, 3.05) is 6.54 Å². The Balaban J connectivity index is 2.02. The summed E-state index contributed by atoms with van der Waals surface area (Å²) in [5, 5.41) is 2.83. The first-order chi connectivity index (χ1) is 9.50. The van der Waals surface area contributed by atoms with Gasteiger partial charge in [-0.2, -0.15) is 0 Å². The van der Waals surface area contributed by atoms with Crippen LogP contribution >= 0.6 is 0 Å². The predicted octanol–water partition coefficient (Wildman–Crippen LogP) is 1.53. The monoisotopic (exact) mass is 274 g/mol. The molecule has 106 valence electrons. The SMILES string of the molecule is CC(=O)c1c(C)[nH]c(C(=O)NCCc2cnc[nH]2)c1C. The maximum Gasteiger partial charge on any atom is 0.268 e. The van der Waals surface area contributed by atoms with Gasteiger partial charge in [0.2, 0.25) is 0 Å². The van der Waals surface area contributed by atoms with Crippen molar-refractivity contribution in [3.63, 3.8) is 0 Å². The molecule has 6 heteroatoms. The zero-order chi connectivity index (χ0) is 14.7. The first kappa shape index (κ1) is 14.0. The fraction of sp³-hybridized carbons (Fsp3) is 0.357. The lowest BCUT2D eigenvalue weighted by atomic mass is 10.1. The molecule has 0 unspecified atom stereocenters. The van der Waals surface area contributed by atoms with Gasteiger partial charge in [0, 0.05) is 36.1 Å². The molecule has 0 aromatic carbocycles. The molecule has 0 saturated heterocycles. The van der Waals surface area contributed by atoms with Gasteiger partial charge >= 0.3 is 0 Å². The van der Waals surface area contributed by atoms with Crippen LogP contribution in [-0.2, 0) is 6.42 Å². The van der Waals surface area contributed by atoms with Crippen LogP contribution in [0.25, 0.3) is 0 Å². The molecular formula is C14H18N4O2. The van der Waals surface area contributed by atoms with Crippen LogP contribution in [-0.4, -0.2) is 33.2 Å². The van der Waals surface area contributed by atoms with E-state index in [0.29, 0.717) is 29.8 Å². The molecule has 0 bridgehead atoms. The van der Waals surface area contributed by atoms with Crippen molar-refractivity contribution < 1.29 is 9.59 Å². The van der Waals surface area contributed by atoms with Crippen molar-refractivity contribution in [1.29, 1.82) is 0 Å². The lowest BCUT2D eigenvalue weighted by Crippen LogP contribution is -2.26. The van der Waals surface area contributed by atoms with Gasteiger partial charge in [-0.3, -0.25) is 9.59 Å². The Morgan fingerprint density at radius 2 is 2.10 bits per heavy atom. The first-order valence-electron chi connectivity index (χ1n) is 6.46. The van der Waals surface area contributed by atoms with Crippen LogP contribution in [0, 0.1) is 13.8 Å². The van der Waals surface area contributed by atoms with Gasteiger partial charge in [-0.15, -0.1) is 0 Å². The highest BCUT2D eigenvalue weighted by Gasteiger charge is 2.19. The van der Waals surface area contributed by atoms with E-state index < -0.39 is 0 Å². The standard InChI is InChI=1S/C14H18N4O2/c1-8-12(10(3)19)9(2)18-13(8)14(20)16-5-4-11-6-15-7-17-11/h6-7,18H,4-5H2,1-3H3,(H,15,17)(H,16,20). The van der Waals surface area contributed by atoms with E-state index in [1.165, 1.54) is 6.92 Å². The van der Waals surface area contributed by atoms with Gasteiger partial charge in [0.15, 0.2) is 5.78 Å². The van der Waals surface area contributed by atoms with E-state index in [1.807, 2.05) is 0 Å². The largest absolute Gasteiger partial charge is 0.354 e. The summed E-state index contributed by atoms with van der Waals surface area (Å²) in [5.41, 5.74) is 3.46. The van der Waals surface area contributed by atoms with Gasteiger partial charge in [0.25, 0.3) is 5.91 Å². The molecule has 0 fully saturated rings. The number of amides is 1. The zero-order valence-corrected chi connectivity index (χ0v) is 11.8. The summed E-state index contributed by atoms with van der Waals surface area (Å²) in [7, 11) is 0. The van der Waals surface area contributed by atoms with Gasteiger partial charge in [0.1, 0.15) is 5.69 Å². The number of carbonyl (C=O) groups excluding carboxylic acids is 2. The molecule has 0 aliphatic carbocycles. The van der Waals surface area contributed by atoms with Gasteiger partial charge in [-0.1, -0.05) is 0 Å². The number of ketones is 1. The number of aromatic amines is 2. The molecule has 2 rings (SSSR count). The Hall–Kier alpha value is -2.37. The van der Waals surface area contributed by atoms with E-state index in [-0.39, 0.29) is 11.7 Å². The number of Topliss-reactive ketones (excluding diaryl/α,β-unsaturated/α-hetero) is 1. The number of aromatic nitrogens is 3. The van der Waals surface area contributed by atoms with Crippen LogP contribution in [0.15, 0.2) is 12.5 Å². The van der Waals surface area contributed by atoms with E-state index in [0.717, 1.165) is 11.4 Å². The van der Waals surface area contributed by atoms with Crippen molar-refractivity contribution >= 4 is 11.7 Å². The smallest absolute Gasteiger partial charge is 0.268 e. The van der Waals surface area contributed by atoms with Gasteiger partial charge in [-0.25, -0.2) is 4.98 Å². The normalized spacial score (nSPS) is 10.6. The molecule has 2 aromatic heterocycles. The minimum atomic E-state index is -0.197. The summed E-state index contributed by atoms with van der Waals surface area (Å²) in [6.07, 6.45) is 4.02. The Kier molecular flexibility index (Phi) is 4.02. The van der Waals surface area contributed by atoms with E-state index >= 15 is 0 Å². The molecule has 1 amide bonds. The first-order valence-corrected chi connectivity index (χ1v) is 6.46. The topological polar surface area (TPSA) is 90.6 Å². The lowest BCUT2D eigenvalue weighted by molar-refractivity contribution is 0.0948. The molecule has 2 aromatic rings. The fourth-order valence-corrected chi connectivity index (χ4v) is 2.33. The maximum atomic E-state index is 12.1. The number of hydrogen-bond donors (Lipinski definition) is 3. The molecule has 0 aliphatic rings. The number of nitrogens with zero attached hydrogens (tertiary/aromatic N) is 1. The van der Waals surface area contributed by atoms with Crippen molar-refractivity contribution in [3.8, 4) is 0 Å². The van der Waals surface area contributed by atoms with Crippen LogP contribution in [0.5, 0.6) is 0 Å². The number of rotatable bonds is 5. The second kappa shape index (κ2) is 5.73. The predicted molar refractivity (Wildman–Crippen MR) is 74.9 cm³/mol. The maximum absolute atomic E-state index is 12.1. The molecule has 0 aliphatic heterocycles. The molecule has 20 heavy (non-hydrogen) atoms. The minimum absolute atomic E-state index is 0.0345. The van der Waals surface area contributed by atoms with Crippen molar-refractivity contribution in [1.82, 2.24) is 20.3 Å². The third-order valence-electron chi connectivity index (χ3n) is 3.25. The number of aryl methyl sites for hydroxylation is 1. The highest BCUT2D eigenvalue weighted by molar-refractivity contribution is 6.02. The molecule has 0 radical (unpaired) electrons. The van der Waals surface area contributed by atoms with Gasteiger partial charge in [-0.05, 0) is 26.3 Å². The Labute approximate surface area is 117 Å². The van der Waals surface area contributed by atoms with Crippen molar-refractivity contribution in [2.45, 2.75) is 27.2 Å². The van der Waals surface area contributed by atoms with Crippen LogP contribution in [0.1, 0.15) is 44.7 Å². The lowest BCUT2D eigenvalue weighted by Gasteiger charge is -2.04. The minimum Gasteiger partial charge on any atom is -0.354 e. The number of imidazole rings is 1. The van der Waals surface area contributed by atoms with Crippen LogP contribution in [0.3, 0.4) is 0 Å². The highest BCUT2D eigenvalue weighted by Crippen LogP contribution is 2.18. The van der Waals surface area contributed by atoms with Crippen molar-refractivity contribution in [2.24, 2.45) is 0 Å². The van der Waals surface area contributed by atoms with Gasteiger partial charge < -0.3 is 15.3 Å². The molecule has 3 N–H and O–H groups in total. The molecule has 2 heterocycles. The van der Waals surface area contributed by atoms with Gasteiger partial charge in [0.05, 0.1) is 6.33 Å². The van der Waals surface area contributed by atoms with Crippen molar-refractivity contribution in [3.05, 3.63) is 40.7 Å². The van der Waals surface area contributed by atoms with E-state index in [9.17, 15) is 9.59 Å². The summed E-state index contributed by atoms with van der Waals surface area (Å²) in [6, 6.07) is 0. The van der Waals surface area contributed by atoms with Crippen LogP contribution in [0.4, 0.5) is 0 Å². The summed E-state index contributed by atoms with van der Waals surface area (Å²) in [4.78, 5) is 33.5. The van der Waals surface area contributed by atoms with Crippen LogP contribution in [0.2, 0.25) is 0 Å². The molecular weight excluding hydrogens is 256 g/mol. The third-order valence-corrected chi connectivity index (χ3v) is 3.25. The molecule has 0 atom stereocenters. The number of carbonyl (C=O) groups is 2. The van der Waals surface area contributed by atoms with E-state index in [1.54, 1.807) is 26.4 Å². The summed E-state index contributed by atoms with van der Waals surface area (Å²) >= 11 is 0.